The lowest BCUT2D eigenvalue weighted by molar-refractivity contribution is -0.127. The van der Waals surface area contributed by atoms with Gasteiger partial charge in [0.05, 0.1) is 0 Å². The SMILES string of the molecule is CC(C(=O)NCC1(c2ccc(Br)cc2)CCOCC1)C1CNC1. The van der Waals surface area contributed by atoms with Gasteiger partial charge in [-0.3, -0.25) is 4.79 Å². The van der Waals surface area contributed by atoms with Gasteiger partial charge in [0.25, 0.3) is 0 Å². The summed E-state index contributed by atoms with van der Waals surface area (Å²) in [7, 11) is 0. The summed E-state index contributed by atoms with van der Waals surface area (Å²) in [6, 6.07) is 8.50. The second-order valence-corrected chi connectivity index (χ2v) is 7.74. The third kappa shape index (κ3) is 3.78. The third-order valence-corrected chi connectivity index (χ3v) is 5.97. The van der Waals surface area contributed by atoms with Crippen LogP contribution in [-0.4, -0.2) is 38.8 Å². The van der Waals surface area contributed by atoms with Crippen LogP contribution in [-0.2, 0) is 14.9 Å². The standard InChI is InChI=1S/C18H25BrN2O2/c1-13(14-10-20-11-14)17(22)21-12-18(6-8-23-9-7-18)15-2-4-16(19)5-3-15/h2-5,13-14,20H,6-12H2,1H3,(H,21,22). The molecule has 1 amide bonds. The highest BCUT2D eigenvalue weighted by Crippen LogP contribution is 2.35. The van der Waals surface area contributed by atoms with Crippen LogP contribution < -0.4 is 10.6 Å². The first-order valence-corrected chi connectivity index (χ1v) is 9.22. The Morgan fingerprint density at radius 1 is 1.35 bits per heavy atom. The van der Waals surface area contributed by atoms with Gasteiger partial charge in [-0.1, -0.05) is 35.0 Å². The van der Waals surface area contributed by atoms with Crippen molar-refractivity contribution in [1.29, 1.82) is 0 Å². The van der Waals surface area contributed by atoms with Crippen LogP contribution in [0.15, 0.2) is 28.7 Å². The molecule has 126 valence electrons. The monoisotopic (exact) mass is 380 g/mol. The van der Waals surface area contributed by atoms with Crippen molar-refractivity contribution in [3.8, 4) is 0 Å². The minimum absolute atomic E-state index is 0.00774. The summed E-state index contributed by atoms with van der Waals surface area (Å²) in [5.74, 6) is 0.742. The number of rotatable bonds is 5. The van der Waals surface area contributed by atoms with Gasteiger partial charge in [-0.15, -0.1) is 0 Å². The Hall–Kier alpha value is -0.910. The zero-order valence-corrected chi connectivity index (χ0v) is 15.2. The molecular weight excluding hydrogens is 356 g/mol. The van der Waals surface area contributed by atoms with Gasteiger partial charge in [-0.25, -0.2) is 0 Å². The van der Waals surface area contributed by atoms with Gasteiger partial charge < -0.3 is 15.4 Å². The number of benzene rings is 1. The first-order chi connectivity index (χ1) is 11.1. The van der Waals surface area contributed by atoms with Gasteiger partial charge in [-0.2, -0.15) is 0 Å². The summed E-state index contributed by atoms with van der Waals surface area (Å²) in [5, 5.41) is 6.46. The number of carbonyl (C=O) groups is 1. The van der Waals surface area contributed by atoms with Crippen molar-refractivity contribution in [2.24, 2.45) is 11.8 Å². The average molecular weight is 381 g/mol. The fraction of sp³-hybridized carbons (Fsp3) is 0.611. The Morgan fingerprint density at radius 2 is 2.00 bits per heavy atom. The number of ether oxygens (including phenoxy) is 1. The molecule has 2 aliphatic heterocycles. The number of halogens is 1. The molecule has 2 heterocycles. The number of hydrogen-bond acceptors (Lipinski definition) is 3. The quantitative estimate of drug-likeness (QED) is 0.824. The summed E-state index contributed by atoms with van der Waals surface area (Å²) in [6.45, 7) is 6.17. The van der Waals surface area contributed by atoms with Gasteiger partial charge in [0.15, 0.2) is 0 Å². The van der Waals surface area contributed by atoms with Crippen LogP contribution in [0, 0.1) is 11.8 Å². The van der Waals surface area contributed by atoms with E-state index in [-0.39, 0.29) is 17.2 Å². The molecule has 2 saturated heterocycles. The summed E-state index contributed by atoms with van der Waals surface area (Å²) in [5.41, 5.74) is 1.29. The van der Waals surface area contributed by atoms with Crippen LogP contribution >= 0.6 is 15.9 Å². The summed E-state index contributed by atoms with van der Waals surface area (Å²) in [4.78, 5) is 12.5. The van der Waals surface area contributed by atoms with E-state index < -0.39 is 0 Å². The van der Waals surface area contributed by atoms with Crippen molar-refractivity contribution in [3.63, 3.8) is 0 Å². The molecule has 0 spiro atoms. The minimum atomic E-state index is -0.00774. The van der Waals surface area contributed by atoms with Crippen molar-refractivity contribution in [2.75, 3.05) is 32.8 Å². The van der Waals surface area contributed by atoms with E-state index in [0.717, 1.165) is 43.6 Å². The van der Waals surface area contributed by atoms with E-state index in [2.05, 4.69) is 50.8 Å². The number of hydrogen-bond donors (Lipinski definition) is 2. The van der Waals surface area contributed by atoms with Crippen molar-refractivity contribution in [3.05, 3.63) is 34.3 Å². The number of carbonyl (C=O) groups excluding carboxylic acids is 1. The van der Waals surface area contributed by atoms with Crippen molar-refractivity contribution in [2.45, 2.75) is 25.2 Å². The fourth-order valence-corrected chi connectivity index (χ4v) is 3.69. The lowest BCUT2D eigenvalue weighted by Crippen LogP contribution is -2.51. The molecule has 0 saturated carbocycles. The van der Waals surface area contributed by atoms with Gasteiger partial charge in [0, 0.05) is 35.6 Å². The molecule has 4 nitrogen and oxygen atoms in total. The smallest absolute Gasteiger partial charge is 0.223 e. The Morgan fingerprint density at radius 3 is 2.57 bits per heavy atom. The lowest BCUT2D eigenvalue weighted by Gasteiger charge is -2.39. The second-order valence-electron chi connectivity index (χ2n) is 6.82. The molecular formula is C18H25BrN2O2. The van der Waals surface area contributed by atoms with E-state index in [1.54, 1.807) is 0 Å². The van der Waals surface area contributed by atoms with Crippen LogP contribution in [0.1, 0.15) is 25.3 Å². The van der Waals surface area contributed by atoms with Gasteiger partial charge in [-0.05, 0) is 49.5 Å². The first-order valence-electron chi connectivity index (χ1n) is 8.43. The molecule has 0 radical (unpaired) electrons. The van der Waals surface area contributed by atoms with E-state index in [9.17, 15) is 4.79 Å². The largest absolute Gasteiger partial charge is 0.381 e. The van der Waals surface area contributed by atoms with Crippen LogP contribution in [0.4, 0.5) is 0 Å². The van der Waals surface area contributed by atoms with Gasteiger partial charge in [0.2, 0.25) is 5.91 Å². The highest BCUT2D eigenvalue weighted by atomic mass is 79.9. The van der Waals surface area contributed by atoms with Crippen LogP contribution in [0.3, 0.4) is 0 Å². The van der Waals surface area contributed by atoms with E-state index in [1.807, 2.05) is 6.92 Å². The molecule has 0 aromatic heterocycles. The van der Waals surface area contributed by atoms with E-state index in [4.69, 9.17) is 4.74 Å². The van der Waals surface area contributed by atoms with E-state index in [1.165, 1.54) is 5.56 Å². The maximum atomic E-state index is 12.5. The number of nitrogens with one attached hydrogen (secondary N) is 2. The topological polar surface area (TPSA) is 50.4 Å². The molecule has 2 fully saturated rings. The summed E-state index contributed by atoms with van der Waals surface area (Å²) in [6.07, 6.45) is 1.91. The fourth-order valence-electron chi connectivity index (χ4n) is 3.43. The van der Waals surface area contributed by atoms with Crippen LogP contribution in [0.5, 0.6) is 0 Å². The molecule has 1 unspecified atom stereocenters. The first kappa shape index (κ1) is 16.9. The molecule has 3 rings (SSSR count). The molecule has 0 bridgehead atoms. The zero-order valence-electron chi connectivity index (χ0n) is 13.6. The third-order valence-electron chi connectivity index (χ3n) is 5.44. The maximum Gasteiger partial charge on any atom is 0.223 e. The zero-order chi connectivity index (χ0) is 16.3. The van der Waals surface area contributed by atoms with Gasteiger partial charge >= 0.3 is 0 Å². The molecule has 1 aromatic rings. The van der Waals surface area contributed by atoms with Crippen molar-refractivity contribution < 1.29 is 9.53 Å². The highest BCUT2D eigenvalue weighted by molar-refractivity contribution is 9.10. The van der Waals surface area contributed by atoms with Crippen LogP contribution in [0.2, 0.25) is 0 Å². The molecule has 1 atom stereocenters. The average Bonchev–Trinajstić information content (AvgIpc) is 2.52. The lowest BCUT2D eigenvalue weighted by atomic mass is 9.74. The van der Waals surface area contributed by atoms with E-state index >= 15 is 0 Å². The van der Waals surface area contributed by atoms with Crippen molar-refractivity contribution in [1.82, 2.24) is 10.6 Å². The van der Waals surface area contributed by atoms with E-state index in [0.29, 0.717) is 12.5 Å². The molecule has 23 heavy (non-hydrogen) atoms. The Bertz CT molecular complexity index is 536. The minimum Gasteiger partial charge on any atom is -0.381 e. The van der Waals surface area contributed by atoms with Crippen molar-refractivity contribution >= 4 is 21.8 Å². The highest BCUT2D eigenvalue weighted by Gasteiger charge is 2.36. The van der Waals surface area contributed by atoms with Gasteiger partial charge in [0.1, 0.15) is 0 Å². The summed E-state index contributed by atoms with van der Waals surface area (Å²) >= 11 is 3.50. The van der Waals surface area contributed by atoms with Crippen LogP contribution in [0.25, 0.3) is 0 Å². The second kappa shape index (κ2) is 7.32. The Kier molecular flexibility index (Phi) is 5.39. The molecule has 2 N–H and O–H groups in total. The molecule has 5 heteroatoms. The maximum absolute atomic E-state index is 12.5. The Balaban J connectivity index is 1.69. The molecule has 1 aromatic carbocycles. The predicted octanol–water partition coefficient (Wildman–Crippen LogP) is 2.47. The number of amides is 1. The molecule has 0 aliphatic carbocycles. The molecule has 2 aliphatic rings. The summed E-state index contributed by atoms with van der Waals surface area (Å²) < 4.78 is 6.64. The predicted molar refractivity (Wildman–Crippen MR) is 94.4 cm³/mol. The normalized spacial score (nSPS) is 22.2. The Labute approximate surface area is 146 Å².